The molecular weight excluding hydrogens is 210 g/mol. The van der Waals surface area contributed by atoms with Crippen LogP contribution in [0.5, 0.6) is 0 Å². The van der Waals surface area contributed by atoms with Crippen LogP contribution in [0.15, 0.2) is 24.5 Å². The number of unbranched alkanes of at least 4 members (excludes halogenated alkanes) is 3. The standard InChI is InChI=1S/C15H24NO/c1-4-5-6-7-10-16-11-8-14(9-12-16)15(17)13(2)3/h8-9,11-13H,4-7,10H2,1-3H3/q+1. The smallest absolute Gasteiger partial charge is 0.169 e. The fourth-order valence-corrected chi connectivity index (χ4v) is 1.83. The van der Waals surface area contributed by atoms with Crippen LogP contribution in [-0.2, 0) is 6.54 Å². The van der Waals surface area contributed by atoms with Crippen LogP contribution in [0.4, 0.5) is 0 Å². The lowest BCUT2D eigenvalue weighted by Gasteiger charge is -2.03. The van der Waals surface area contributed by atoms with Gasteiger partial charge in [0.25, 0.3) is 0 Å². The largest absolute Gasteiger partial charge is 0.294 e. The van der Waals surface area contributed by atoms with Crippen LogP contribution in [-0.4, -0.2) is 5.78 Å². The third kappa shape index (κ3) is 4.68. The summed E-state index contributed by atoms with van der Waals surface area (Å²) in [5.41, 5.74) is 0.824. The van der Waals surface area contributed by atoms with Gasteiger partial charge in [-0.2, -0.15) is 0 Å². The van der Waals surface area contributed by atoms with Crippen molar-refractivity contribution in [3.8, 4) is 0 Å². The first kappa shape index (κ1) is 13.9. The molecule has 0 N–H and O–H groups in total. The Bertz CT molecular complexity index is 340. The van der Waals surface area contributed by atoms with Gasteiger partial charge >= 0.3 is 0 Å². The molecule has 0 aliphatic heterocycles. The Kier molecular flexibility index (Phi) is 5.88. The van der Waals surface area contributed by atoms with Gasteiger partial charge in [0.2, 0.25) is 0 Å². The Morgan fingerprint density at radius 2 is 1.82 bits per heavy atom. The van der Waals surface area contributed by atoms with E-state index >= 15 is 0 Å². The van der Waals surface area contributed by atoms with E-state index in [1.54, 1.807) is 0 Å². The van der Waals surface area contributed by atoms with Gasteiger partial charge in [-0.25, -0.2) is 4.57 Å². The lowest BCUT2D eigenvalue weighted by Crippen LogP contribution is -2.33. The second-order valence-corrected chi connectivity index (χ2v) is 4.90. The van der Waals surface area contributed by atoms with Gasteiger partial charge < -0.3 is 0 Å². The number of carbonyl (C=O) groups is 1. The monoisotopic (exact) mass is 234 g/mol. The topological polar surface area (TPSA) is 20.9 Å². The van der Waals surface area contributed by atoms with Crippen LogP contribution in [0.25, 0.3) is 0 Å². The maximum atomic E-state index is 11.7. The molecule has 0 bridgehead atoms. The van der Waals surface area contributed by atoms with E-state index in [2.05, 4.69) is 11.5 Å². The van der Waals surface area contributed by atoms with Crippen LogP contribution < -0.4 is 4.57 Å². The van der Waals surface area contributed by atoms with Crippen molar-refractivity contribution < 1.29 is 9.36 Å². The highest BCUT2D eigenvalue weighted by Gasteiger charge is 2.11. The van der Waals surface area contributed by atoms with E-state index < -0.39 is 0 Å². The summed E-state index contributed by atoms with van der Waals surface area (Å²) in [7, 11) is 0. The molecule has 0 aromatic carbocycles. The number of nitrogens with zero attached hydrogens (tertiary/aromatic N) is 1. The molecule has 0 aliphatic rings. The molecule has 0 fully saturated rings. The third-order valence-electron chi connectivity index (χ3n) is 2.97. The predicted molar refractivity (Wildman–Crippen MR) is 69.9 cm³/mol. The third-order valence-corrected chi connectivity index (χ3v) is 2.97. The number of aryl methyl sites for hydroxylation is 1. The van der Waals surface area contributed by atoms with Crippen molar-refractivity contribution in [2.24, 2.45) is 5.92 Å². The number of rotatable bonds is 7. The SMILES string of the molecule is CCCCCC[n+]1ccc(C(=O)C(C)C)cc1. The predicted octanol–water partition coefficient (Wildman–Crippen LogP) is 3.39. The van der Waals surface area contributed by atoms with Gasteiger partial charge in [0.05, 0.1) is 0 Å². The highest BCUT2D eigenvalue weighted by Crippen LogP contribution is 2.06. The van der Waals surface area contributed by atoms with Crippen molar-refractivity contribution in [3.05, 3.63) is 30.1 Å². The average Bonchev–Trinajstić information content (AvgIpc) is 2.34. The number of Topliss-reactive ketones (excluding diaryl/α,β-unsaturated/α-hetero) is 1. The Morgan fingerprint density at radius 1 is 1.18 bits per heavy atom. The number of hydrogen-bond donors (Lipinski definition) is 0. The molecule has 2 heteroatoms. The maximum absolute atomic E-state index is 11.7. The molecule has 0 amide bonds. The van der Waals surface area contributed by atoms with Crippen LogP contribution >= 0.6 is 0 Å². The summed E-state index contributed by atoms with van der Waals surface area (Å²) in [5, 5.41) is 0. The van der Waals surface area contributed by atoms with Gasteiger partial charge in [0, 0.05) is 30.0 Å². The maximum Gasteiger partial charge on any atom is 0.169 e. The fraction of sp³-hybridized carbons (Fsp3) is 0.600. The van der Waals surface area contributed by atoms with Crippen molar-refractivity contribution in [2.75, 3.05) is 0 Å². The lowest BCUT2D eigenvalue weighted by molar-refractivity contribution is -0.697. The van der Waals surface area contributed by atoms with Crippen molar-refractivity contribution >= 4 is 5.78 Å². The molecule has 0 atom stereocenters. The van der Waals surface area contributed by atoms with E-state index in [9.17, 15) is 4.79 Å². The normalized spacial score (nSPS) is 10.8. The zero-order valence-electron chi connectivity index (χ0n) is 11.3. The molecule has 1 aromatic heterocycles. The molecule has 1 rings (SSSR count). The molecule has 94 valence electrons. The van der Waals surface area contributed by atoms with Crippen LogP contribution in [0.1, 0.15) is 56.8 Å². The molecule has 2 nitrogen and oxygen atoms in total. The molecule has 0 unspecified atom stereocenters. The summed E-state index contributed by atoms with van der Waals surface area (Å²) >= 11 is 0. The van der Waals surface area contributed by atoms with Crippen molar-refractivity contribution in [3.63, 3.8) is 0 Å². The molecule has 0 spiro atoms. The van der Waals surface area contributed by atoms with Crippen molar-refractivity contribution in [1.82, 2.24) is 0 Å². The van der Waals surface area contributed by atoms with E-state index in [-0.39, 0.29) is 11.7 Å². The average molecular weight is 234 g/mol. The molecule has 0 aliphatic carbocycles. The summed E-state index contributed by atoms with van der Waals surface area (Å²) in [6, 6.07) is 3.87. The number of hydrogen-bond acceptors (Lipinski definition) is 1. The quantitative estimate of drug-likeness (QED) is 0.402. The minimum absolute atomic E-state index is 0.0791. The minimum Gasteiger partial charge on any atom is -0.294 e. The second kappa shape index (κ2) is 7.21. The van der Waals surface area contributed by atoms with Gasteiger partial charge in [0.1, 0.15) is 6.54 Å². The van der Waals surface area contributed by atoms with E-state index in [4.69, 9.17) is 0 Å². The van der Waals surface area contributed by atoms with Gasteiger partial charge in [0.15, 0.2) is 18.2 Å². The van der Waals surface area contributed by atoms with E-state index in [0.717, 1.165) is 12.1 Å². The van der Waals surface area contributed by atoms with Crippen LogP contribution in [0.2, 0.25) is 0 Å². The molecular formula is C15H24NO+. The highest BCUT2D eigenvalue weighted by molar-refractivity contribution is 5.97. The van der Waals surface area contributed by atoms with Gasteiger partial charge in [-0.1, -0.05) is 33.6 Å². The Morgan fingerprint density at radius 3 is 2.35 bits per heavy atom. The summed E-state index contributed by atoms with van der Waals surface area (Å²) in [5.74, 6) is 0.304. The van der Waals surface area contributed by atoms with E-state index in [1.807, 2.05) is 38.4 Å². The summed E-state index contributed by atoms with van der Waals surface area (Å²) in [6.45, 7) is 7.15. The summed E-state index contributed by atoms with van der Waals surface area (Å²) in [6.07, 6.45) is 9.12. The lowest BCUT2D eigenvalue weighted by atomic mass is 10.0. The number of aromatic nitrogens is 1. The van der Waals surface area contributed by atoms with Gasteiger partial charge in [-0.15, -0.1) is 0 Å². The van der Waals surface area contributed by atoms with E-state index in [1.165, 1.54) is 25.7 Å². The summed E-state index contributed by atoms with van der Waals surface area (Å²) in [4.78, 5) is 11.7. The Hall–Kier alpha value is -1.18. The molecule has 1 aromatic rings. The van der Waals surface area contributed by atoms with Crippen LogP contribution in [0, 0.1) is 5.92 Å². The number of carbonyl (C=O) groups excluding carboxylic acids is 1. The van der Waals surface area contributed by atoms with Gasteiger partial charge in [-0.05, 0) is 6.42 Å². The van der Waals surface area contributed by atoms with Crippen molar-refractivity contribution in [2.45, 2.75) is 53.0 Å². The summed E-state index contributed by atoms with van der Waals surface area (Å²) < 4.78 is 2.16. The zero-order chi connectivity index (χ0) is 12.7. The second-order valence-electron chi connectivity index (χ2n) is 4.90. The molecule has 0 radical (unpaired) electrons. The fourth-order valence-electron chi connectivity index (χ4n) is 1.83. The highest BCUT2D eigenvalue weighted by atomic mass is 16.1. The molecule has 0 saturated heterocycles. The Labute approximate surface area is 105 Å². The number of ketones is 1. The number of pyridine rings is 1. The van der Waals surface area contributed by atoms with E-state index in [0.29, 0.717) is 0 Å². The molecule has 1 heterocycles. The zero-order valence-corrected chi connectivity index (χ0v) is 11.3. The first-order valence-electron chi connectivity index (χ1n) is 6.68. The molecule has 0 saturated carbocycles. The first-order chi connectivity index (χ1) is 8.15. The minimum atomic E-state index is 0.0791. The van der Waals surface area contributed by atoms with Crippen LogP contribution in [0.3, 0.4) is 0 Å². The van der Waals surface area contributed by atoms with Crippen molar-refractivity contribution in [1.29, 1.82) is 0 Å². The van der Waals surface area contributed by atoms with Gasteiger partial charge in [-0.3, -0.25) is 4.79 Å². The molecule has 17 heavy (non-hydrogen) atoms. The first-order valence-corrected chi connectivity index (χ1v) is 6.68. The Balaban J connectivity index is 2.47.